The standard InChI is InChI=1S/C24H25ClN4O3/c1-14-7-6-10-28-15(2)19(26-23(14)28)21(30)18-20(16-8-5-9-17(25)13-16)29(12-11-27(3)4)24(32)22(18)31/h5-10,13,20,30H,11-12H2,1-4H3. The molecule has 0 saturated carbocycles. The number of halogens is 1. The molecule has 0 spiro atoms. The van der Waals surface area contributed by atoms with Crippen molar-refractivity contribution in [1.82, 2.24) is 19.2 Å². The van der Waals surface area contributed by atoms with E-state index in [-0.39, 0.29) is 17.0 Å². The first kappa shape index (κ1) is 22.0. The number of fused-ring (bicyclic) bond motifs is 1. The Hall–Kier alpha value is -3.16. The summed E-state index contributed by atoms with van der Waals surface area (Å²) in [4.78, 5) is 34.2. The van der Waals surface area contributed by atoms with Gasteiger partial charge in [-0.05, 0) is 57.3 Å². The van der Waals surface area contributed by atoms with E-state index in [9.17, 15) is 14.7 Å². The number of benzene rings is 1. The van der Waals surface area contributed by atoms with Gasteiger partial charge < -0.3 is 19.3 Å². The predicted octanol–water partition coefficient (Wildman–Crippen LogP) is 3.59. The summed E-state index contributed by atoms with van der Waals surface area (Å²) < 4.78 is 1.86. The quantitative estimate of drug-likeness (QED) is 0.363. The summed E-state index contributed by atoms with van der Waals surface area (Å²) in [6.07, 6.45) is 1.85. The highest BCUT2D eigenvalue weighted by atomic mass is 35.5. The number of likely N-dealkylation sites (N-methyl/N-ethyl adjacent to an activating group) is 1. The van der Waals surface area contributed by atoms with E-state index in [0.717, 1.165) is 5.56 Å². The molecule has 32 heavy (non-hydrogen) atoms. The van der Waals surface area contributed by atoms with Gasteiger partial charge in [-0.1, -0.05) is 29.8 Å². The summed E-state index contributed by atoms with van der Waals surface area (Å²) >= 11 is 6.22. The van der Waals surface area contributed by atoms with Crippen LogP contribution in [0.15, 0.2) is 48.2 Å². The van der Waals surface area contributed by atoms with Crippen LogP contribution in [0.3, 0.4) is 0 Å². The van der Waals surface area contributed by atoms with Crippen molar-refractivity contribution in [3.63, 3.8) is 0 Å². The minimum atomic E-state index is -0.751. The Morgan fingerprint density at radius 2 is 1.94 bits per heavy atom. The molecule has 0 bridgehead atoms. The fourth-order valence-electron chi connectivity index (χ4n) is 4.12. The molecule has 2 aromatic heterocycles. The Labute approximate surface area is 191 Å². The number of imidazole rings is 1. The minimum absolute atomic E-state index is 0.0279. The van der Waals surface area contributed by atoms with E-state index in [1.807, 2.05) is 55.6 Å². The number of carbonyl (C=O) groups is 2. The van der Waals surface area contributed by atoms with Crippen LogP contribution in [0, 0.1) is 13.8 Å². The lowest BCUT2D eigenvalue weighted by Gasteiger charge is -2.26. The Balaban J connectivity index is 1.92. The largest absolute Gasteiger partial charge is 0.505 e. The fraction of sp³-hybridized carbons (Fsp3) is 0.292. The Bertz CT molecular complexity index is 1260. The minimum Gasteiger partial charge on any atom is -0.505 e. The number of aliphatic hydroxyl groups excluding tert-OH is 1. The number of amides is 1. The molecule has 4 rings (SSSR count). The van der Waals surface area contributed by atoms with Gasteiger partial charge in [-0.3, -0.25) is 9.59 Å². The van der Waals surface area contributed by atoms with Crippen molar-refractivity contribution in [2.45, 2.75) is 19.9 Å². The lowest BCUT2D eigenvalue weighted by Crippen LogP contribution is -2.35. The second-order valence-corrected chi connectivity index (χ2v) is 8.72. The number of hydrogen-bond acceptors (Lipinski definition) is 5. The van der Waals surface area contributed by atoms with Crippen LogP contribution in [0.5, 0.6) is 0 Å². The van der Waals surface area contributed by atoms with Gasteiger partial charge in [0, 0.05) is 24.3 Å². The molecule has 1 aliphatic rings. The van der Waals surface area contributed by atoms with Crippen LogP contribution in [0.1, 0.15) is 28.6 Å². The van der Waals surface area contributed by atoms with Crippen molar-refractivity contribution >= 4 is 34.7 Å². The van der Waals surface area contributed by atoms with E-state index in [1.54, 1.807) is 24.3 Å². The Kier molecular flexibility index (Phi) is 5.79. The number of hydrogen-bond donors (Lipinski definition) is 1. The summed E-state index contributed by atoms with van der Waals surface area (Å²) in [6, 6.07) is 10.1. The molecule has 3 aromatic rings. The van der Waals surface area contributed by atoms with Crippen LogP contribution in [0.2, 0.25) is 5.02 Å². The van der Waals surface area contributed by atoms with Crippen LogP contribution in [-0.4, -0.2) is 63.2 Å². The average Bonchev–Trinajstić information content (AvgIpc) is 3.22. The van der Waals surface area contributed by atoms with Crippen molar-refractivity contribution in [1.29, 1.82) is 0 Å². The zero-order valence-electron chi connectivity index (χ0n) is 18.5. The molecule has 1 fully saturated rings. The lowest BCUT2D eigenvalue weighted by molar-refractivity contribution is -0.140. The SMILES string of the molecule is Cc1cccn2c(C)c(C(O)=C3C(=O)C(=O)N(CCN(C)C)C3c3cccc(Cl)c3)nc12. The van der Waals surface area contributed by atoms with E-state index >= 15 is 0 Å². The van der Waals surface area contributed by atoms with Crippen LogP contribution >= 0.6 is 11.6 Å². The number of Topliss-reactive ketones (excluding diaryl/α,β-unsaturated/α-hetero) is 1. The van der Waals surface area contributed by atoms with Gasteiger partial charge in [-0.25, -0.2) is 4.98 Å². The third-order valence-corrected chi connectivity index (χ3v) is 6.04. The third kappa shape index (κ3) is 3.67. The molecule has 1 saturated heterocycles. The highest BCUT2D eigenvalue weighted by Gasteiger charge is 2.46. The molecule has 1 aliphatic heterocycles. The van der Waals surface area contributed by atoms with Gasteiger partial charge in [0.25, 0.3) is 11.7 Å². The second-order valence-electron chi connectivity index (χ2n) is 8.28. The lowest BCUT2D eigenvalue weighted by atomic mass is 9.96. The summed E-state index contributed by atoms with van der Waals surface area (Å²) in [5.74, 6) is -1.64. The van der Waals surface area contributed by atoms with Gasteiger partial charge in [0.2, 0.25) is 0 Å². The van der Waals surface area contributed by atoms with Crippen molar-refractivity contribution in [3.8, 4) is 0 Å². The number of likely N-dealkylation sites (tertiary alicyclic amines) is 1. The van der Waals surface area contributed by atoms with Crippen molar-refractivity contribution in [2.75, 3.05) is 27.2 Å². The second kappa shape index (κ2) is 8.41. The number of pyridine rings is 1. The maximum atomic E-state index is 13.1. The molecule has 1 unspecified atom stereocenters. The highest BCUT2D eigenvalue weighted by molar-refractivity contribution is 6.46. The molecule has 3 heterocycles. The number of carbonyl (C=O) groups excluding carboxylic acids is 2. The van der Waals surface area contributed by atoms with Gasteiger partial charge in [-0.15, -0.1) is 0 Å². The third-order valence-electron chi connectivity index (χ3n) is 5.80. The van der Waals surface area contributed by atoms with Crippen LogP contribution in [-0.2, 0) is 9.59 Å². The van der Waals surface area contributed by atoms with Crippen molar-refractivity contribution in [3.05, 3.63) is 75.7 Å². The fourth-order valence-corrected chi connectivity index (χ4v) is 4.31. The molecule has 1 aromatic carbocycles. The number of nitrogens with zero attached hydrogens (tertiary/aromatic N) is 4. The van der Waals surface area contributed by atoms with Crippen LogP contribution in [0.25, 0.3) is 11.4 Å². The summed E-state index contributed by atoms with van der Waals surface area (Å²) in [5.41, 5.74) is 3.29. The van der Waals surface area contributed by atoms with Gasteiger partial charge in [0.1, 0.15) is 11.3 Å². The molecule has 1 N–H and O–H groups in total. The number of ketones is 1. The van der Waals surface area contributed by atoms with Crippen molar-refractivity contribution in [2.24, 2.45) is 0 Å². The zero-order valence-corrected chi connectivity index (χ0v) is 19.2. The first-order valence-corrected chi connectivity index (χ1v) is 10.7. The van der Waals surface area contributed by atoms with Crippen LogP contribution in [0.4, 0.5) is 0 Å². The average molecular weight is 453 g/mol. The first-order valence-electron chi connectivity index (χ1n) is 10.3. The van der Waals surface area contributed by atoms with E-state index in [1.165, 1.54) is 4.90 Å². The maximum absolute atomic E-state index is 13.1. The molecule has 8 heteroatoms. The maximum Gasteiger partial charge on any atom is 0.295 e. The van der Waals surface area contributed by atoms with E-state index < -0.39 is 17.7 Å². The van der Waals surface area contributed by atoms with E-state index in [2.05, 4.69) is 4.98 Å². The number of aromatic nitrogens is 2. The zero-order chi connectivity index (χ0) is 23.2. The highest BCUT2D eigenvalue weighted by Crippen LogP contribution is 2.40. The Morgan fingerprint density at radius 1 is 1.19 bits per heavy atom. The van der Waals surface area contributed by atoms with Gasteiger partial charge in [0.15, 0.2) is 5.76 Å². The summed E-state index contributed by atoms with van der Waals surface area (Å²) in [7, 11) is 3.79. The van der Waals surface area contributed by atoms with E-state index in [0.29, 0.717) is 35.0 Å². The molecular formula is C24H25ClN4O3. The number of aryl methyl sites for hydroxylation is 2. The first-order chi connectivity index (χ1) is 15.2. The molecule has 166 valence electrons. The molecule has 0 radical (unpaired) electrons. The van der Waals surface area contributed by atoms with E-state index in [4.69, 9.17) is 11.6 Å². The smallest absolute Gasteiger partial charge is 0.295 e. The Morgan fingerprint density at radius 3 is 2.59 bits per heavy atom. The van der Waals surface area contributed by atoms with Gasteiger partial charge in [0.05, 0.1) is 17.3 Å². The molecule has 1 atom stereocenters. The monoisotopic (exact) mass is 452 g/mol. The number of rotatable bonds is 5. The summed E-state index contributed by atoms with van der Waals surface area (Å²) in [5, 5.41) is 11.8. The molecule has 0 aliphatic carbocycles. The molecular weight excluding hydrogens is 428 g/mol. The number of aliphatic hydroxyl groups is 1. The van der Waals surface area contributed by atoms with Gasteiger partial charge in [-0.2, -0.15) is 0 Å². The van der Waals surface area contributed by atoms with Crippen LogP contribution < -0.4 is 0 Å². The molecule has 7 nitrogen and oxygen atoms in total. The normalized spacial score (nSPS) is 18.3. The summed E-state index contributed by atoms with van der Waals surface area (Å²) in [6.45, 7) is 4.65. The van der Waals surface area contributed by atoms with Crippen molar-refractivity contribution < 1.29 is 14.7 Å². The topological polar surface area (TPSA) is 78.2 Å². The molecule has 1 amide bonds. The predicted molar refractivity (Wildman–Crippen MR) is 124 cm³/mol. The van der Waals surface area contributed by atoms with Gasteiger partial charge >= 0.3 is 0 Å².